The zero-order chi connectivity index (χ0) is 13.0. The topological polar surface area (TPSA) is 52.6 Å². The summed E-state index contributed by atoms with van der Waals surface area (Å²) in [5.41, 5.74) is -0.0382. The van der Waals surface area contributed by atoms with E-state index in [4.69, 9.17) is 4.74 Å². The summed E-state index contributed by atoms with van der Waals surface area (Å²) in [6.07, 6.45) is 0. The van der Waals surface area contributed by atoms with Crippen molar-refractivity contribution in [2.75, 3.05) is 14.2 Å². The zero-order valence-corrected chi connectivity index (χ0v) is 9.82. The van der Waals surface area contributed by atoms with Crippen LogP contribution in [0.5, 0.6) is 5.75 Å². The summed E-state index contributed by atoms with van der Waals surface area (Å²) in [5.74, 6) is -3.26. The van der Waals surface area contributed by atoms with Gasteiger partial charge in [-0.1, -0.05) is 12.1 Å². The van der Waals surface area contributed by atoms with Crippen molar-refractivity contribution in [1.82, 2.24) is 0 Å². The first-order valence-electron chi connectivity index (χ1n) is 4.93. The van der Waals surface area contributed by atoms with E-state index in [-0.39, 0.29) is 11.3 Å². The van der Waals surface area contributed by atoms with Gasteiger partial charge >= 0.3 is 5.97 Å². The minimum atomic E-state index is -1.25. The molecule has 92 valence electrons. The second-order valence-electron chi connectivity index (χ2n) is 3.43. The van der Waals surface area contributed by atoms with E-state index >= 15 is 0 Å². The highest BCUT2D eigenvalue weighted by Gasteiger charge is 2.30. The highest BCUT2D eigenvalue weighted by Crippen LogP contribution is 2.27. The van der Waals surface area contributed by atoms with Gasteiger partial charge in [-0.25, -0.2) is 4.39 Å². The molecule has 0 spiro atoms. The Morgan fingerprint density at radius 3 is 2.41 bits per heavy atom. The van der Waals surface area contributed by atoms with Gasteiger partial charge in [-0.05, 0) is 13.0 Å². The van der Waals surface area contributed by atoms with Crippen LogP contribution in [0.25, 0.3) is 0 Å². The van der Waals surface area contributed by atoms with Crippen LogP contribution in [-0.2, 0) is 14.3 Å². The fourth-order valence-electron chi connectivity index (χ4n) is 1.54. The van der Waals surface area contributed by atoms with Crippen molar-refractivity contribution in [2.45, 2.75) is 12.8 Å². The summed E-state index contributed by atoms with van der Waals surface area (Å²) in [5, 5.41) is 0. The molecule has 0 aliphatic rings. The summed E-state index contributed by atoms with van der Waals surface area (Å²) >= 11 is 0. The molecule has 0 heterocycles. The third-order valence-electron chi connectivity index (χ3n) is 2.37. The van der Waals surface area contributed by atoms with Crippen LogP contribution in [0, 0.1) is 5.82 Å². The van der Waals surface area contributed by atoms with Crippen LogP contribution in [-0.4, -0.2) is 26.0 Å². The van der Waals surface area contributed by atoms with Gasteiger partial charge in [0, 0.05) is 5.56 Å². The molecular formula is C12H13FO4. The zero-order valence-electron chi connectivity index (χ0n) is 9.82. The van der Waals surface area contributed by atoms with Gasteiger partial charge in [0.2, 0.25) is 0 Å². The van der Waals surface area contributed by atoms with E-state index in [1.54, 1.807) is 0 Å². The number of ketones is 1. The van der Waals surface area contributed by atoms with Crippen molar-refractivity contribution in [1.29, 1.82) is 0 Å². The van der Waals surface area contributed by atoms with Crippen molar-refractivity contribution in [3.05, 3.63) is 29.6 Å². The molecular weight excluding hydrogens is 227 g/mol. The molecule has 17 heavy (non-hydrogen) atoms. The number of esters is 1. The average molecular weight is 240 g/mol. The van der Waals surface area contributed by atoms with Crippen LogP contribution >= 0.6 is 0 Å². The molecule has 0 aromatic heterocycles. The maximum atomic E-state index is 13.9. The number of carbonyl (C=O) groups is 2. The SMILES string of the molecule is COC(=O)C(C(C)=O)c1cccc(OC)c1F. The van der Waals surface area contributed by atoms with Crippen molar-refractivity contribution < 1.29 is 23.5 Å². The van der Waals surface area contributed by atoms with Crippen molar-refractivity contribution in [3.8, 4) is 5.75 Å². The molecule has 1 rings (SSSR count). The third-order valence-corrected chi connectivity index (χ3v) is 2.37. The number of carbonyl (C=O) groups excluding carboxylic acids is 2. The largest absolute Gasteiger partial charge is 0.494 e. The van der Waals surface area contributed by atoms with E-state index in [1.165, 1.54) is 32.2 Å². The highest BCUT2D eigenvalue weighted by atomic mass is 19.1. The molecule has 4 nitrogen and oxygen atoms in total. The number of hydrogen-bond acceptors (Lipinski definition) is 4. The number of hydrogen-bond donors (Lipinski definition) is 0. The molecule has 5 heteroatoms. The van der Waals surface area contributed by atoms with E-state index in [9.17, 15) is 14.0 Å². The molecule has 0 saturated heterocycles. The van der Waals surface area contributed by atoms with Crippen LogP contribution in [0.2, 0.25) is 0 Å². The van der Waals surface area contributed by atoms with E-state index in [2.05, 4.69) is 4.74 Å². The van der Waals surface area contributed by atoms with Gasteiger partial charge in [0.1, 0.15) is 11.7 Å². The van der Waals surface area contributed by atoms with Gasteiger partial charge < -0.3 is 9.47 Å². The Bertz CT molecular complexity index is 442. The van der Waals surface area contributed by atoms with Crippen LogP contribution < -0.4 is 4.74 Å². The van der Waals surface area contributed by atoms with Gasteiger partial charge in [-0.15, -0.1) is 0 Å². The molecule has 1 aromatic rings. The summed E-state index contributed by atoms with van der Waals surface area (Å²) in [7, 11) is 2.46. The predicted octanol–water partition coefficient (Wildman–Crippen LogP) is 1.68. The monoisotopic (exact) mass is 240 g/mol. The summed E-state index contributed by atoms with van der Waals surface area (Å²) < 4.78 is 23.2. The Kier molecular flexibility index (Phi) is 4.20. The second kappa shape index (κ2) is 5.43. The molecule has 0 fully saturated rings. The van der Waals surface area contributed by atoms with Crippen LogP contribution in [0.4, 0.5) is 4.39 Å². The molecule has 0 amide bonds. The Morgan fingerprint density at radius 2 is 1.94 bits per heavy atom. The Labute approximate surface area is 98.3 Å². The van der Waals surface area contributed by atoms with Crippen LogP contribution in [0.3, 0.4) is 0 Å². The van der Waals surface area contributed by atoms with Gasteiger partial charge in [-0.3, -0.25) is 9.59 Å². The summed E-state index contributed by atoms with van der Waals surface area (Å²) in [6, 6.07) is 4.28. The third kappa shape index (κ3) is 2.61. The first kappa shape index (κ1) is 13.2. The van der Waals surface area contributed by atoms with Gasteiger partial charge in [0.15, 0.2) is 11.6 Å². The van der Waals surface area contributed by atoms with E-state index < -0.39 is 23.5 Å². The maximum absolute atomic E-state index is 13.9. The van der Waals surface area contributed by atoms with E-state index in [1.807, 2.05) is 0 Å². The fraction of sp³-hybridized carbons (Fsp3) is 0.333. The molecule has 0 aliphatic heterocycles. The molecule has 0 saturated carbocycles. The lowest BCUT2D eigenvalue weighted by atomic mass is 9.95. The minimum absolute atomic E-state index is 0.0161. The van der Waals surface area contributed by atoms with Crippen LogP contribution in [0.1, 0.15) is 18.4 Å². The minimum Gasteiger partial charge on any atom is -0.494 e. The Hall–Kier alpha value is -1.91. The normalized spacial score (nSPS) is 11.8. The van der Waals surface area contributed by atoms with Gasteiger partial charge in [0.05, 0.1) is 14.2 Å². The Balaban J connectivity index is 3.28. The van der Waals surface area contributed by atoms with Crippen molar-refractivity contribution in [2.24, 2.45) is 0 Å². The molecule has 0 aliphatic carbocycles. The lowest BCUT2D eigenvalue weighted by Crippen LogP contribution is -2.22. The number of methoxy groups -OCH3 is 2. The summed E-state index contributed by atoms with van der Waals surface area (Å²) in [6.45, 7) is 1.21. The number of halogens is 1. The first-order chi connectivity index (χ1) is 8.02. The van der Waals surface area contributed by atoms with E-state index in [0.29, 0.717) is 0 Å². The number of Topliss-reactive ketones (excluding diaryl/α,β-unsaturated/α-hetero) is 1. The lowest BCUT2D eigenvalue weighted by Gasteiger charge is -2.14. The summed E-state index contributed by atoms with van der Waals surface area (Å²) in [4.78, 5) is 22.8. The lowest BCUT2D eigenvalue weighted by molar-refractivity contribution is -0.145. The predicted molar refractivity (Wildman–Crippen MR) is 58.4 cm³/mol. The quantitative estimate of drug-likeness (QED) is 0.593. The number of benzene rings is 1. The van der Waals surface area contributed by atoms with Crippen molar-refractivity contribution in [3.63, 3.8) is 0 Å². The number of rotatable bonds is 4. The highest BCUT2D eigenvalue weighted by molar-refractivity contribution is 6.03. The van der Waals surface area contributed by atoms with Gasteiger partial charge in [0.25, 0.3) is 0 Å². The van der Waals surface area contributed by atoms with Crippen LogP contribution in [0.15, 0.2) is 18.2 Å². The number of ether oxygens (including phenoxy) is 2. The second-order valence-corrected chi connectivity index (χ2v) is 3.43. The molecule has 1 atom stereocenters. The Morgan fingerprint density at radius 1 is 1.29 bits per heavy atom. The van der Waals surface area contributed by atoms with Gasteiger partial charge in [-0.2, -0.15) is 0 Å². The molecule has 1 unspecified atom stereocenters. The molecule has 1 aromatic carbocycles. The molecule has 0 bridgehead atoms. The molecule has 0 N–H and O–H groups in total. The first-order valence-corrected chi connectivity index (χ1v) is 4.93. The van der Waals surface area contributed by atoms with Crippen molar-refractivity contribution >= 4 is 11.8 Å². The smallest absolute Gasteiger partial charge is 0.320 e. The van der Waals surface area contributed by atoms with E-state index in [0.717, 1.165) is 7.11 Å². The fourth-order valence-corrected chi connectivity index (χ4v) is 1.54. The molecule has 0 radical (unpaired) electrons. The maximum Gasteiger partial charge on any atom is 0.320 e. The average Bonchev–Trinajstić information content (AvgIpc) is 2.31. The standard InChI is InChI=1S/C12H13FO4/c1-7(14)10(12(15)17-3)8-5-4-6-9(16-2)11(8)13/h4-6,10H,1-3H3.